The van der Waals surface area contributed by atoms with Crippen LogP contribution in [0.1, 0.15) is 33.6 Å². The summed E-state index contributed by atoms with van der Waals surface area (Å²) in [5.74, 6) is 0.0465. The number of hydrogen-bond donors (Lipinski definition) is 2. The number of methoxy groups -OCH3 is 1. The number of benzene rings is 2. The van der Waals surface area contributed by atoms with E-state index in [1.165, 1.54) is 7.11 Å². The second kappa shape index (κ2) is 8.64. The number of thiocarbonyl (C=S) groups is 1. The monoisotopic (exact) mass is 383 g/mol. The normalized spacial score (nSPS) is 13.1. The number of carbonyl (C=O) groups is 2. The first-order valence-corrected chi connectivity index (χ1v) is 9.14. The van der Waals surface area contributed by atoms with Crippen LogP contribution in [-0.4, -0.2) is 42.0 Å². The summed E-state index contributed by atoms with van der Waals surface area (Å²) >= 11 is 5.26. The maximum atomic E-state index is 12.7. The molecule has 1 saturated heterocycles. The molecule has 0 radical (unpaired) electrons. The van der Waals surface area contributed by atoms with Crippen LogP contribution >= 0.6 is 12.2 Å². The van der Waals surface area contributed by atoms with Crippen molar-refractivity contribution in [2.24, 2.45) is 0 Å². The van der Waals surface area contributed by atoms with E-state index < -0.39 is 0 Å². The Morgan fingerprint density at radius 2 is 1.63 bits per heavy atom. The van der Waals surface area contributed by atoms with Crippen LogP contribution in [0.15, 0.2) is 48.5 Å². The van der Waals surface area contributed by atoms with Crippen LogP contribution in [0.25, 0.3) is 0 Å². The Bertz CT molecular complexity index is 863. The number of rotatable bonds is 4. The van der Waals surface area contributed by atoms with Crippen molar-refractivity contribution in [2.75, 3.05) is 25.5 Å². The highest BCUT2D eigenvalue weighted by Gasteiger charge is 2.22. The fraction of sp³-hybridized carbons (Fsp3) is 0.250. The van der Waals surface area contributed by atoms with Gasteiger partial charge >= 0.3 is 0 Å². The molecule has 27 heavy (non-hydrogen) atoms. The molecule has 2 amide bonds. The quantitative estimate of drug-likeness (QED) is 0.794. The predicted octanol–water partition coefficient (Wildman–Crippen LogP) is 3.06. The molecule has 0 saturated carbocycles. The minimum Gasteiger partial charge on any atom is -0.496 e. The zero-order valence-electron chi connectivity index (χ0n) is 15.0. The lowest BCUT2D eigenvalue weighted by atomic mass is 10.1. The van der Waals surface area contributed by atoms with Gasteiger partial charge in [-0.2, -0.15) is 0 Å². The van der Waals surface area contributed by atoms with E-state index in [-0.39, 0.29) is 16.9 Å². The van der Waals surface area contributed by atoms with E-state index in [1.54, 1.807) is 36.4 Å². The summed E-state index contributed by atoms with van der Waals surface area (Å²) in [5.41, 5.74) is 1.48. The van der Waals surface area contributed by atoms with Crippen molar-refractivity contribution < 1.29 is 14.3 Å². The van der Waals surface area contributed by atoms with E-state index in [2.05, 4.69) is 10.6 Å². The van der Waals surface area contributed by atoms with Crippen molar-refractivity contribution in [3.8, 4) is 5.75 Å². The highest BCUT2D eigenvalue weighted by Crippen LogP contribution is 2.20. The third-order valence-electron chi connectivity index (χ3n) is 4.38. The van der Waals surface area contributed by atoms with Gasteiger partial charge in [-0.25, -0.2) is 0 Å². The van der Waals surface area contributed by atoms with E-state index >= 15 is 0 Å². The molecule has 7 heteroatoms. The van der Waals surface area contributed by atoms with Gasteiger partial charge < -0.3 is 15.0 Å². The number of nitrogens with one attached hydrogen (secondary N) is 2. The molecule has 0 aromatic heterocycles. The first-order chi connectivity index (χ1) is 13.1. The number of amides is 2. The zero-order chi connectivity index (χ0) is 19.2. The molecular formula is C20H21N3O3S. The van der Waals surface area contributed by atoms with Gasteiger partial charge in [0.15, 0.2) is 5.11 Å². The lowest BCUT2D eigenvalue weighted by Gasteiger charge is -2.18. The second-order valence-electron chi connectivity index (χ2n) is 6.15. The Balaban J connectivity index is 1.71. The van der Waals surface area contributed by atoms with Crippen LogP contribution in [0.2, 0.25) is 0 Å². The number of ether oxygens (including phenoxy) is 1. The molecule has 6 nitrogen and oxygen atoms in total. The molecule has 140 valence electrons. The van der Waals surface area contributed by atoms with E-state index in [4.69, 9.17) is 17.0 Å². The minimum absolute atomic E-state index is 0.0329. The summed E-state index contributed by atoms with van der Waals surface area (Å²) < 4.78 is 5.20. The number of likely N-dealkylation sites (tertiary alicyclic amines) is 1. The predicted molar refractivity (Wildman–Crippen MR) is 108 cm³/mol. The van der Waals surface area contributed by atoms with Crippen molar-refractivity contribution >= 4 is 34.8 Å². The van der Waals surface area contributed by atoms with E-state index in [0.29, 0.717) is 22.6 Å². The van der Waals surface area contributed by atoms with E-state index in [0.717, 1.165) is 25.9 Å². The molecule has 3 rings (SSSR count). The molecule has 2 N–H and O–H groups in total. The van der Waals surface area contributed by atoms with Crippen LogP contribution in [0.4, 0.5) is 5.69 Å². The molecule has 0 aliphatic carbocycles. The smallest absolute Gasteiger partial charge is 0.261 e. The fourth-order valence-electron chi connectivity index (χ4n) is 3.03. The minimum atomic E-state index is -0.381. The molecule has 1 aliphatic rings. The average Bonchev–Trinajstić information content (AvgIpc) is 3.22. The molecular weight excluding hydrogens is 362 g/mol. The molecule has 2 aromatic rings. The lowest BCUT2D eigenvalue weighted by Crippen LogP contribution is -2.35. The standard InChI is InChI=1S/C20H21N3O3S/c1-26-17-11-5-3-9-15(17)18(24)22-20(27)21-16-10-4-2-8-14(16)19(25)23-12-6-7-13-23/h2-5,8-11H,6-7,12-13H2,1H3,(H2,21,22,24,27). The third kappa shape index (κ3) is 4.43. The van der Waals surface area contributed by atoms with Gasteiger partial charge in [0, 0.05) is 13.1 Å². The first-order valence-electron chi connectivity index (χ1n) is 8.74. The van der Waals surface area contributed by atoms with Crippen LogP contribution in [0.5, 0.6) is 5.75 Å². The fourth-order valence-corrected chi connectivity index (χ4v) is 3.23. The summed E-state index contributed by atoms with van der Waals surface area (Å²) in [5, 5.41) is 5.71. The summed E-state index contributed by atoms with van der Waals surface area (Å²) in [7, 11) is 1.50. The summed E-state index contributed by atoms with van der Waals surface area (Å²) in [6, 6.07) is 14.0. The molecule has 1 fully saturated rings. The van der Waals surface area contributed by atoms with Crippen LogP contribution in [-0.2, 0) is 0 Å². The molecule has 2 aromatic carbocycles. The van der Waals surface area contributed by atoms with Gasteiger partial charge in [-0.3, -0.25) is 14.9 Å². The van der Waals surface area contributed by atoms with Crippen molar-refractivity contribution in [1.82, 2.24) is 10.2 Å². The zero-order valence-corrected chi connectivity index (χ0v) is 15.8. The van der Waals surface area contributed by atoms with Crippen LogP contribution in [0.3, 0.4) is 0 Å². The Labute approximate surface area is 163 Å². The molecule has 1 aliphatic heterocycles. The van der Waals surface area contributed by atoms with Gasteiger partial charge in [-0.15, -0.1) is 0 Å². The highest BCUT2D eigenvalue weighted by molar-refractivity contribution is 7.80. The van der Waals surface area contributed by atoms with Crippen molar-refractivity contribution in [3.05, 3.63) is 59.7 Å². The number of nitrogens with zero attached hydrogens (tertiary/aromatic N) is 1. The Kier molecular flexibility index (Phi) is 6.03. The van der Waals surface area contributed by atoms with Crippen molar-refractivity contribution in [2.45, 2.75) is 12.8 Å². The Hall–Kier alpha value is -2.93. The van der Waals surface area contributed by atoms with Crippen LogP contribution in [0, 0.1) is 0 Å². The summed E-state index contributed by atoms with van der Waals surface area (Å²) in [4.78, 5) is 27.0. The average molecular weight is 383 g/mol. The van der Waals surface area contributed by atoms with Crippen molar-refractivity contribution in [3.63, 3.8) is 0 Å². The van der Waals surface area contributed by atoms with Crippen LogP contribution < -0.4 is 15.4 Å². The maximum Gasteiger partial charge on any atom is 0.261 e. The van der Waals surface area contributed by atoms with Gasteiger partial charge in [0.2, 0.25) is 0 Å². The Morgan fingerprint density at radius 1 is 1.00 bits per heavy atom. The SMILES string of the molecule is COc1ccccc1C(=O)NC(=S)Nc1ccccc1C(=O)N1CCCC1. The third-order valence-corrected chi connectivity index (χ3v) is 4.58. The Morgan fingerprint density at radius 3 is 2.33 bits per heavy atom. The number of hydrogen-bond acceptors (Lipinski definition) is 4. The molecule has 0 atom stereocenters. The molecule has 0 unspecified atom stereocenters. The maximum absolute atomic E-state index is 12.7. The van der Waals surface area contributed by atoms with Crippen molar-refractivity contribution in [1.29, 1.82) is 0 Å². The summed E-state index contributed by atoms with van der Waals surface area (Å²) in [6.45, 7) is 1.53. The van der Waals surface area contributed by atoms with E-state index in [1.807, 2.05) is 17.0 Å². The first kappa shape index (κ1) is 18.8. The number of para-hydroxylation sites is 2. The number of anilines is 1. The van der Waals surface area contributed by atoms with Gasteiger partial charge in [0.1, 0.15) is 5.75 Å². The van der Waals surface area contributed by atoms with Gasteiger partial charge in [-0.1, -0.05) is 24.3 Å². The summed E-state index contributed by atoms with van der Waals surface area (Å²) in [6.07, 6.45) is 2.05. The molecule has 1 heterocycles. The highest BCUT2D eigenvalue weighted by atomic mass is 32.1. The molecule has 0 spiro atoms. The largest absolute Gasteiger partial charge is 0.496 e. The lowest BCUT2D eigenvalue weighted by molar-refractivity contribution is 0.0793. The van der Waals surface area contributed by atoms with Gasteiger partial charge in [0.25, 0.3) is 11.8 Å². The second-order valence-corrected chi connectivity index (χ2v) is 6.56. The number of carbonyl (C=O) groups excluding carboxylic acids is 2. The topological polar surface area (TPSA) is 70.7 Å². The van der Waals surface area contributed by atoms with Gasteiger partial charge in [0.05, 0.1) is 23.9 Å². The molecule has 0 bridgehead atoms. The van der Waals surface area contributed by atoms with Gasteiger partial charge in [-0.05, 0) is 49.3 Å². The van der Waals surface area contributed by atoms with E-state index in [9.17, 15) is 9.59 Å².